The van der Waals surface area contributed by atoms with Crippen LogP contribution in [-0.2, 0) is 13.6 Å². The third kappa shape index (κ3) is 3.29. The van der Waals surface area contributed by atoms with Crippen LogP contribution in [0.25, 0.3) is 0 Å². The molecule has 0 radical (unpaired) electrons. The quantitative estimate of drug-likeness (QED) is 0.753. The highest BCUT2D eigenvalue weighted by Crippen LogP contribution is 2.61. The molecule has 1 heterocycles. The summed E-state index contributed by atoms with van der Waals surface area (Å²) in [6, 6.07) is 7.84. The maximum atomic E-state index is 12.8. The van der Waals surface area contributed by atoms with Crippen molar-refractivity contribution in [2.24, 2.45) is 0 Å². The normalized spacial score (nSPS) is 18.7. The maximum Gasteiger partial charge on any atom is 0.351 e. The monoisotopic (exact) mass is 347 g/mol. The largest absolute Gasteiger partial charge is 0.351 e. The fourth-order valence-corrected chi connectivity index (χ4v) is 4.47. The van der Waals surface area contributed by atoms with Crippen molar-refractivity contribution < 1.29 is 13.6 Å². The second kappa shape index (κ2) is 6.51. The van der Waals surface area contributed by atoms with E-state index >= 15 is 0 Å². The molecule has 19 heavy (non-hydrogen) atoms. The number of nitrogens with zero attached hydrogens (tertiary/aromatic N) is 1. The average Bonchev–Trinajstić information content (AvgIpc) is 2.94. The predicted molar refractivity (Wildman–Crippen MR) is 79.3 cm³/mol. The van der Waals surface area contributed by atoms with E-state index in [4.69, 9.17) is 9.05 Å². The van der Waals surface area contributed by atoms with Crippen LogP contribution in [0.15, 0.2) is 28.7 Å². The van der Waals surface area contributed by atoms with Gasteiger partial charge in [-0.25, -0.2) is 0 Å². The standard InChI is InChI=1S/C13H19BrNO3P/c1-17-19(16,18-2)13(15-9-3-4-10-15)11-5-7-12(14)8-6-11/h5-8,13H,3-4,9-10H2,1-2H3. The van der Waals surface area contributed by atoms with Crippen LogP contribution in [0.2, 0.25) is 0 Å². The summed E-state index contributed by atoms with van der Waals surface area (Å²) in [5.41, 5.74) is 0.970. The van der Waals surface area contributed by atoms with Crippen molar-refractivity contribution in [2.45, 2.75) is 18.6 Å². The van der Waals surface area contributed by atoms with Crippen molar-refractivity contribution in [2.75, 3.05) is 27.3 Å². The van der Waals surface area contributed by atoms with Crippen molar-refractivity contribution in [1.82, 2.24) is 4.90 Å². The SMILES string of the molecule is COP(=O)(OC)C(c1ccc(Br)cc1)N1CCCC1. The molecule has 0 saturated carbocycles. The van der Waals surface area contributed by atoms with Crippen molar-refractivity contribution in [3.05, 3.63) is 34.3 Å². The van der Waals surface area contributed by atoms with E-state index in [9.17, 15) is 4.57 Å². The van der Waals surface area contributed by atoms with Crippen LogP contribution >= 0.6 is 23.5 Å². The number of likely N-dealkylation sites (tertiary alicyclic amines) is 1. The minimum Gasteiger partial charge on any atom is -0.311 e. The molecule has 0 amide bonds. The molecule has 1 aliphatic rings. The van der Waals surface area contributed by atoms with Gasteiger partial charge in [0.1, 0.15) is 5.78 Å². The second-order valence-corrected chi connectivity index (χ2v) is 7.79. The van der Waals surface area contributed by atoms with Gasteiger partial charge in [0.15, 0.2) is 0 Å². The average molecular weight is 348 g/mol. The highest BCUT2D eigenvalue weighted by Gasteiger charge is 2.40. The zero-order valence-corrected chi connectivity index (χ0v) is 13.7. The van der Waals surface area contributed by atoms with Gasteiger partial charge in [0, 0.05) is 18.7 Å². The Morgan fingerprint density at radius 3 is 2.16 bits per heavy atom. The number of rotatable bonds is 5. The van der Waals surface area contributed by atoms with E-state index in [1.54, 1.807) is 0 Å². The van der Waals surface area contributed by atoms with E-state index in [1.807, 2.05) is 24.3 Å². The lowest BCUT2D eigenvalue weighted by Gasteiger charge is -2.32. The molecule has 1 aromatic carbocycles. The van der Waals surface area contributed by atoms with Gasteiger partial charge >= 0.3 is 7.60 Å². The number of benzene rings is 1. The Morgan fingerprint density at radius 2 is 1.68 bits per heavy atom. The Balaban J connectivity index is 2.38. The first-order valence-electron chi connectivity index (χ1n) is 6.31. The van der Waals surface area contributed by atoms with Crippen LogP contribution in [0.4, 0.5) is 0 Å². The van der Waals surface area contributed by atoms with Gasteiger partial charge in [-0.2, -0.15) is 0 Å². The summed E-state index contributed by atoms with van der Waals surface area (Å²) in [6.07, 6.45) is 2.25. The van der Waals surface area contributed by atoms with Gasteiger partial charge in [-0.15, -0.1) is 0 Å². The summed E-state index contributed by atoms with van der Waals surface area (Å²) < 4.78 is 24.3. The van der Waals surface area contributed by atoms with Gasteiger partial charge in [-0.3, -0.25) is 9.46 Å². The Labute approximate surface area is 122 Å². The van der Waals surface area contributed by atoms with Crippen molar-refractivity contribution >= 4 is 23.5 Å². The summed E-state index contributed by atoms with van der Waals surface area (Å²) in [5, 5.41) is 0. The highest BCUT2D eigenvalue weighted by atomic mass is 79.9. The van der Waals surface area contributed by atoms with Crippen LogP contribution in [0.3, 0.4) is 0 Å². The molecule has 4 nitrogen and oxygen atoms in total. The first-order chi connectivity index (χ1) is 9.10. The van der Waals surface area contributed by atoms with Crippen LogP contribution in [-0.4, -0.2) is 32.2 Å². The summed E-state index contributed by atoms with van der Waals surface area (Å²) >= 11 is 3.42. The molecule has 0 N–H and O–H groups in total. The lowest BCUT2D eigenvalue weighted by atomic mass is 10.2. The van der Waals surface area contributed by atoms with Gasteiger partial charge in [0.2, 0.25) is 0 Å². The molecule has 6 heteroatoms. The molecule has 1 atom stereocenters. The summed E-state index contributed by atoms with van der Waals surface area (Å²) in [6.45, 7) is 1.86. The first-order valence-corrected chi connectivity index (χ1v) is 8.72. The third-order valence-corrected chi connectivity index (χ3v) is 6.23. The minimum atomic E-state index is -3.17. The lowest BCUT2D eigenvalue weighted by molar-refractivity contribution is 0.211. The highest BCUT2D eigenvalue weighted by molar-refractivity contribution is 9.10. The maximum absolute atomic E-state index is 12.8. The zero-order valence-electron chi connectivity index (χ0n) is 11.2. The lowest BCUT2D eigenvalue weighted by Crippen LogP contribution is -2.26. The fraction of sp³-hybridized carbons (Fsp3) is 0.538. The molecular weight excluding hydrogens is 329 g/mol. The Hall–Kier alpha value is -0.190. The molecule has 1 aliphatic heterocycles. The van der Waals surface area contributed by atoms with Crippen molar-refractivity contribution in [1.29, 1.82) is 0 Å². The van der Waals surface area contributed by atoms with Crippen LogP contribution in [0.5, 0.6) is 0 Å². The van der Waals surface area contributed by atoms with E-state index in [1.165, 1.54) is 14.2 Å². The first kappa shape index (κ1) is 15.2. The molecule has 106 valence electrons. The van der Waals surface area contributed by atoms with E-state index in [-0.39, 0.29) is 5.78 Å². The van der Waals surface area contributed by atoms with Crippen LogP contribution in [0, 0.1) is 0 Å². The summed E-state index contributed by atoms with van der Waals surface area (Å²) in [4.78, 5) is 2.19. The second-order valence-electron chi connectivity index (χ2n) is 4.57. The van der Waals surface area contributed by atoms with E-state index in [0.717, 1.165) is 36.0 Å². The molecule has 1 fully saturated rings. The Morgan fingerprint density at radius 1 is 1.16 bits per heavy atom. The van der Waals surface area contributed by atoms with E-state index in [2.05, 4.69) is 20.8 Å². The molecule has 0 aromatic heterocycles. The van der Waals surface area contributed by atoms with E-state index < -0.39 is 7.60 Å². The Bertz CT molecular complexity index is 451. The molecule has 1 aromatic rings. The third-order valence-electron chi connectivity index (χ3n) is 3.46. The topological polar surface area (TPSA) is 38.8 Å². The molecule has 0 bridgehead atoms. The van der Waals surface area contributed by atoms with Gasteiger partial charge in [-0.1, -0.05) is 28.1 Å². The van der Waals surface area contributed by atoms with Crippen LogP contribution in [0.1, 0.15) is 24.2 Å². The molecule has 1 saturated heterocycles. The molecule has 0 spiro atoms. The minimum absolute atomic E-state index is 0.321. The predicted octanol–water partition coefficient (Wildman–Crippen LogP) is 4.03. The summed E-state index contributed by atoms with van der Waals surface area (Å²) in [7, 11) is -0.266. The number of hydrogen-bond donors (Lipinski definition) is 0. The van der Waals surface area contributed by atoms with Gasteiger partial charge < -0.3 is 9.05 Å². The van der Waals surface area contributed by atoms with Crippen molar-refractivity contribution in [3.63, 3.8) is 0 Å². The van der Waals surface area contributed by atoms with Gasteiger partial charge in [0.05, 0.1) is 0 Å². The van der Waals surface area contributed by atoms with Gasteiger partial charge in [0.25, 0.3) is 0 Å². The molecule has 2 rings (SSSR count). The fourth-order valence-electron chi connectivity index (χ4n) is 2.49. The smallest absolute Gasteiger partial charge is 0.311 e. The molecule has 1 unspecified atom stereocenters. The van der Waals surface area contributed by atoms with Gasteiger partial charge in [-0.05, 0) is 43.6 Å². The van der Waals surface area contributed by atoms with Crippen LogP contribution < -0.4 is 0 Å². The summed E-state index contributed by atoms with van der Waals surface area (Å²) in [5.74, 6) is -0.321. The number of hydrogen-bond acceptors (Lipinski definition) is 4. The zero-order chi connectivity index (χ0) is 13.9. The Kier molecular flexibility index (Phi) is 5.21. The van der Waals surface area contributed by atoms with Crippen molar-refractivity contribution in [3.8, 4) is 0 Å². The van der Waals surface area contributed by atoms with E-state index in [0.29, 0.717) is 0 Å². The molecule has 0 aliphatic carbocycles. The number of halogens is 1. The molecular formula is C13H19BrNO3P.